The fourth-order valence-corrected chi connectivity index (χ4v) is 4.11. The molecule has 1 heterocycles. The maximum Gasteiger partial charge on any atom is 0.326 e. The first-order chi connectivity index (χ1) is 18.5. The normalized spacial score (nSPS) is 23.3. The van der Waals surface area contributed by atoms with Crippen molar-refractivity contribution in [3.63, 3.8) is 0 Å². The number of nitrogens with two attached hydrogens (primary N) is 2. The summed E-state index contributed by atoms with van der Waals surface area (Å²) in [4.78, 5) is 36.7. The summed E-state index contributed by atoms with van der Waals surface area (Å²) in [7, 11) is 0. The lowest BCUT2D eigenvalue weighted by atomic mass is 10.1. The number of rotatable bonds is 13. The van der Waals surface area contributed by atoms with E-state index in [4.69, 9.17) is 11.5 Å². The number of phenols is 1. The summed E-state index contributed by atoms with van der Waals surface area (Å²) in [5.74, 6) is -1.78. The molecule has 1 saturated heterocycles. The largest absolute Gasteiger partial charge is 0.508 e. The van der Waals surface area contributed by atoms with Crippen molar-refractivity contribution in [2.45, 2.75) is 50.0 Å². The molecule has 1 aliphatic heterocycles. The minimum absolute atomic E-state index is 0.00783. The van der Waals surface area contributed by atoms with E-state index in [1.54, 1.807) is 12.1 Å². The van der Waals surface area contributed by atoms with Crippen molar-refractivity contribution < 1.29 is 24.6 Å². The third-order valence-corrected chi connectivity index (χ3v) is 6.31. The van der Waals surface area contributed by atoms with Gasteiger partial charge in [0.05, 0.1) is 5.66 Å². The molecule has 0 aromatic heterocycles. The van der Waals surface area contributed by atoms with Crippen LogP contribution in [0.25, 0.3) is 0 Å². The average Bonchev–Trinajstić information content (AvgIpc) is 2.89. The lowest BCUT2D eigenvalue weighted by Gasteiger charge is -2.35. The van der Waals surface area contributed by atoms with Gasteiger partial charge in [0.25, 0.3) is 0 Å². The number of carboxylic acid groups (broad SMARTS) is 1. The summed E-state index contributed by atoms with van der Waals surface area (Å²) in [6.45, 7) is 6.24. The van der Waals surface area contributed by atoms with Gasteiger partial charge >= 0.3 is 5.97 Å². The predicted octanol–water partition coefficient (Wildman–Crippen LogP) is -2.96. The summed E-state index contributed by atoms with van der Waals surface area (Å²) in [5.41, 5.74) is 11.2. The van der Waals surface area contributed by atoms with Crippen molar-refractivity contribution in [3.8, 4) is 5.75 Å². The fourth-order valence-electron chi connectivity index (χ4n) is 4.11. The first kappa shape index (κ1) is 32.4. The van der Waals surface area contributed by atoms with E-state index in [-0.39, 0.29) is 37.3 Å². The number of carbonyl (C=O) groups excluding carboxylic acids is 2. The van der Waals surface area contributed by atoms with Crippen molar-refractivity contribution in [3.05, 3.63) is 29.8 Å². The maximum atomic E-state index is 12.7. The molecule has 1 aliphatic rings. The average molecular weight is 552 g/mol. The molecular weight excluding hydrogens is 506 g/mol. The Morgan fingerprint density at radius 1 is 1.05 bits per heavy atom. The van der Waals surface area contributed by atoms with Gasteiger partial charge in [-0.05, 0) is 31.0 Å². The minimum Gasteiger partial charge on any atom is -0.508 e. The number of amides is 2. The highest BCUT2D eigenvalue weighted by molar-refractivity contribution is 5.84. The minimum atomic E-state index is -1.16. The van der Waals surface area contributed by atoms with Crippen LogP contribution in [-0.4, -0.2) is 97.8 Å². The van der Waals surface area contributed by atoms with Gasteiger partial charge in [-0.15, -0.1) is 0 Å². The summed E-state index contributed by atoms with van der Waals surface area (Å²) in [6, 6.07) is 5.01. The van der Waals surface area contributed by atoms with Crippen molar-refractivity contribution >= 4 is 17.8 Å². The molecule has 0 bridgehead atoms. The molecular formula is C25H45N9O5. The number of aromatic hydroxyl groups is 1. The summed E-state index contributed by atoms with van der Waals surface area (Å²) < 4.78 is 0. The van der Waals surface area contributed by atoms with Crippen molar-refractivity contribution in [2.75, 3.05) is 52.5 Å². The number of hydrogen-bond acceptors (Lipinski definition) is 11. The van der Waals surface area contributed by atoms with Crippen molar-refractivity contribution in [1.29, 1.82) is 0 Å². The number of carbonyl (C=O) groups is 3. The molecule has 1 aromatic rings. The van der Waals surface area contributed by atoms with Gasteiger partial charge in [0, 0.05) is 71.7 Å². The Balaban J connectivity index is 1.81. The highest BCUT2D eigenvalue weighted by Gasteiger charge is 2.29. The van der Waals surface area contributed by atoms with Crippen LogP contribution in [0.5, 0.6) is 5.75 Å². The molecule has 3 atom stereocenters. The first-order valence-corrected chi connectivity index (χ1v) is 13.3. The molecule has 1 fully saturated rings. The van der Waals surface area contributed by atoms with Gasteiger partial charge in [-0.2, -0.15) is 0 Å². The van der Waals surface area contributed by atoms with Crippen LogP contribution >= 0.6 is 0 Å². The molecule has 14 nitrogen and oxygen atoms in total. The Morgan fingerprint density at radius 2 is 1.72 bits per heavy atom. The van der Waals surface area contributed by atoms with E-state index >= 15 is 0 Å². The van der Waals surface area contributed by atoms with Gasteiger partial charge in [-0.3, -0.25) is 20.2 Å². The Bertz CT molecular complexity index is 920. The third kappa shape index (κ3) is 12.7. The standard InChI is InChI=1S/C25H45N9O5/c1-24(14-29-11-12-30-16-25(27,32-17-31-24)15-28-10-9-26)34-22(37)4-2-3-21(36)33-20(23(38)39)13-18-5-7-19(35)8-6-18/h5-8,20,28-32,35H,2-4,9-17,26-27H2,1H3,(H,33,36)(H,34,37)(H,38,39). The van der Waals surface area contributed by atoms with Crippen LogP contribution in [0, 0.1) is 0 Å². The maximum absolute atomic E-state index is 12.7. The Morgan fingerprint density at radius 3 is 2.38 bits per heavy atom. The summed E-state index contributed by atoms with van der Waals surface area (Å²) >= 11 is 0. The zero-order valence-corrected chi connectivity index (χ0v) is 22.6. The van der Waals surface area contributed by atoms with Crippen molar-refractivity contribution in [2.24, 2.45) is 11.5 Å². The third-order valence-electron chi connectivity index (χ3n) is 6.31. The van der Waals surface area contributed by atoms with Crippen LogP contribution in [0.4, 0.5) is 0 Å². The zero-order valence-electron chi connectivity index (χ0n) is 22.6. The molecule has 2 amide bonds. The second-order valence-electron chi connectivity index (χ2n) is 10.1. The molecule has 3 unspecified atom stereocenters. The number of nitrogens with one attached hydrogen (secondary N) is 7. The van der Waals surface area contributed by atoms with Gasteiger partial charge in [0.2, 0.25) is 11.8 Å². The smallest absolute Gasteiger partial charge is 0.326 e. The van der Waals surface area contributed by atoms with Crippen LogP contribution < -0.4 is 48.7 Å². The molecule has 2 rings (SSSR count). The monoisotopic (exact) mass is 551 g/mol. The molecule has 0 saturated carbocycles. The summed E-state index contributed by atoms with van der Waals surface area (Å²) in [6.07, 6.45) is 0.441. The topological polar surface area (TPSA) is 228 Å². The SMILES string of the molecule is CC1(NC(=O)CCCC(=O)NC(Cc2ccc(O)cc2)C(=O)O)CNCCNCC(N)(CNCCN)NCN1. The van der Waals surface area contributed by atoms with E-state index < -0.39 is 29.2 Å². The molecule has 39 heavy (non-hydrogen) atoms. The van der Waals surface area contributed by atoms with E-state index in [1.807, 2.05) is 6.92 Å². The van der Waals surface area contributed by atoms with E-state index in [0.29, 0.717) is 58.0 Å². The van der Waals surface area contributed by atoms with Gasteiger partial charge in [0.1, 0.15) is 17.5 Å². The molecule has 0 spiro atoms. The molecule has 13 N–H and O–H groups in total. The van der Waals surface area contributed by atoms with E-state index in [2.05, 4.69) is 37.2 Å². The highest BCUT2D eigenvalue weighted by atomic mass is 16.4. The van der Waals surface area contributed by atoms with Gasteiger partial charge in [0.15, 0.2) is 0 Å². The van der Waals surface area contributed by atoms with Crippen LogP contribution in [0.1, 0.15) is 31.7 Å². The van der Waals surface area contributed by atoms with E-state index in [9.17, 15) is 24.6 Å². The molecule has 14 heteroatoms. The Hall–Kier alpha value is -2.85. The zero-order chi connectivity index (χ0) is 28.7. The Labute approximate surface area is 229 Å². The fraction of sp³-hybridized carbons (Fsp3) is 0.640. The van der Waals surface area contributed by atoms with Crippen LogP contribution in [0.15, 0.2) is 24.3 Å². The predicted molar refractivity (Wildman–Crippen MR) is 147 cm³/mol. The quantitative estimate of drug-likeness (QED) is 0.111. The molecule has 0 radical (unpaired) electrons. The van der Waals surface area contributed by atoms with Crippen molar-refractivity contribution in [1.82, 2.24) is 37.2 Å². The van der Waals surface area contributed by atoms with E-state index in [0.717, 1.165) is 0 Å². The number of phenolic OH excluding ortho intramolecular Hbond substituents is 1. The molecule has 1 aromatic carbocycles. The second kappa shape index (κ2) is 16.3. The second-order valence-corrected chi connectivity index (χ2v) is 10.1. The van der Waals surface area contributed by atoms with Crippen LogP contribution in [0.3, 0.4) is 0 Å². The number of benzene rings is 1. The number of hydrogen-bond donors (Lipinski definition) is 11. The van der Waals surface area contributed by atoms with Crippen LogP contribution in [0.2, 0.25) is 0 Å². The molecule has 0 aliphatic carbocycles. The molecule has 220 valence electrons. The highest BCUT2D eigenvalue weighted by Crippen LogP contribution is 2.12. The lowest BCUT2D eigenvalue weighted by Crippen LogP contribution is -2.69. The van der Waals surface area contributed by atoms with Crippen LogP contribution in [-0.2, 0) is 20.8 Å². The first-order valence-electron chi connectivity index (χ1n) is 13.3. The summed E-state index contributed by atoms with van der Waals surface area (Å²) in [5, 5.41) is 40.8. The number of aliphatic carboxylic acids is 1. The lowest BCUT2D eigenvalue weighted by molar-refractivity contribution is -0.141. The van der Waals surface area contributed by atoms with Gasteiger partial charge in [-0.1, -0.05) is 12.1 Å². The van der Waals surface area contributed by atoms with E-state index in [1.165, 1.54) is 12.1 Å². The van der Waals surface area contributed by atoms with Gasteiger partial charge in [-0.25, -0.2) is 4.79 Å². The van der Waals surface area contributed by atoms with Gasteiger partial charge < -0.3 is 48.3 Å². The number of carboxylic acids is 1. The Kier molecular flexibility index (Phi) is 13.5.